The summed E-state index contributed by atoms with van der Waals surface area (Å²) in [5, 5.41) is 22.6. The molecule has 0 spiro atoms. The quantitative estimate of drug-likeness (QED) is 0.323. The normalized spacial score (nSPS) is 39.0. The van der Waals surface area contributed by atoms with Crippen LogP contribution in [0, 0.1) is 52.3 Å². The molecule has 0 aliphatic heterocycles. The van der Waals surface area contributed by atoms with Crippen molar-refractivity contribution in [2.24, 2.45) is 52.3 Å². The van der Waals surface area contributed by atoms with Crippen LogP contribution in [-0.4, -0.2) is 61.0 Å². The minimum absolute atomic E-state index is 0.0694. The van der Waals surface area contributed by atoms with Gasteiger partial charge in [0.15, 0.2) is 9.84 Å². The van der Waals surface area contributed by atoms with E-state index in [-0.39, 0.29) is 45.2 Å². The highest BCUT2D eigenvalue weighted by molar-refractivity contribution is 7.92. The number of benzene rings is 1. The van der Waals surface area contributed by atoms with Crippen molar-refractivity contribution in [3.05, 3.63) is 29.8 Å². The molecule has 4 saturated carbocycles. The van der Waals surface area contributed by atoms with Gasteiger partial charge in [-0.15, -0.1) is 0 Å². The molecule has 11 atom stereocenters. The average molecular weight is 644 g/mol. The van der Waals surface area contributed by atoms with Crippen LogP contribution in [0.2, 0.25) is 0 Å². The molecule has 6 nitrogen and oxygen atoms in total. The summed E-state index contributed by atoms with van der Waals surface area (Å²) >= 11 is 0. The maximum Gasteiger partial charge on any atom is 0.237 e. The number of hydrogen-bond acceptors (Lipinski definition) is 5. The standard InChI is InChI=1S/C38H61NO5S/c1-9-28-32-22-26(40)16-19-38(32,7)31-17-20-37(6)29(14-15-30(37)34(31)35(28)42)24(2)18-21-39(8)33(41)23-45(43,44)27-12-10-25(11-13-27)36(3,4)5/h10-13,24,26,28-32,34-35,40,42H,9,14-23H2,1-8H3/t24-,26-,28-,29-,30+,31+,32+,34+,35-,37-,38-/m1/s1. The second-order valence-electron chi connectivity index (χ2n) is 17.2. The SMILES string of the molecule is CC[C@H]1[C@@H](O)[C@@H]2[C@H](CC[C@]3(C)[C@@H]([C@H](C)CCN(C)C(=O)CS(=O)(=O)c4ccc(C(C)(C)C)cc4)CC[C@@H]23)[C@@]2(C)CC[C@@H](O)C[C@@H]12. The molecule has 4 fully saturated rings. The number of amides is 1. The summed E-state index contributed by atoms with van der Waals surface area (Å²) in [6, 6.07) is 6.94. The Morgan fingerprint density at radius 3 is 2.22 bits per heavy atom. The van der Waals surface area contributed by atoms with Crippen molar-refractivity contribution < 1.29 is 23.4 Å². The number of sulfone groups is 1. The fraction of sp³-hybridized carbons (Fsp3) is 0.816. The van der Waals surface area contributed by atoms with Gasteiger partial charge in [-0.25, -0.2) is 8.42 Å². The highest BCUT2D eigenvalue weighted by Crippen LogP contribution is 2.69. The summed E-state index contributed by atoms with van der Waals surface area (Å²) in [4.78, 5) is 14.9. The van der Waals surface area contributed by atoms with Gasteiger partial charge < -0.3 is 15.1 Å². The predicted molar refractivity (Wildman–Crippen MR) is 180 cm³/mol. The molecule has 254 valence electrons. The van der Waals surface area contributed by atoms with E-state index < -0.39 is 15.6 Å². The Morgan fingerprint density at radius 2 is 1.60 bits per heavy atom. The monoisotopic (exact) mass is 643 g/mol. The summed E-state index contributed by atoms with van der Waals surface area (Å²) in [6.07, 6.45) is 8.76. The van der Waals surface area contributed by atoms with Crippen LogP contribution in [-0.2, 0) is 20.0 Å². The molecule has 2 N–H and O–H groups in total. The number of rotatable bonds is 8. The molecule has 0 unspecified atom stereocenters. The molecule has 4 aliphatic rings. The third-order valence-corrected chi connectivity index (χ3v) is 15.5. The van der Waals surface area contributed by atoms with Crippen molar-refractivity contribution in [2.45, 2.75) is 129 Å². The number of hydrogen-bond donors (Lipinski definition) is 2. The van der Waals surface area contributed by atoms with E-state index in [0.717, 1.165) is 56.9 Å². The largest absolute Gasteiger partial charge is 0.393 e. The van der Waals surface area contributed by atoms with Crippen molar-refractivity contribution in [1.29, 1.82) is 0 Å². The molecule has 4 aliphatic carbocycles. The van der Waals surface area contributed by atoms with Crippen LogP contribution in [0.25, 0.3) is 0 Å². The molecule has 45 heavy (non-hydrogen) atoms. The average Bonchev–Trinajstić information content (AvgIpc) is 3.33. The number of fused-ring (bicyclic) bond motifs is 5. The molecular formula is C38H61NO5S. The Kier molecular flexibility index (Phi) is 9.72. The van der Waals surface area contributed by atoms with Crippen molar-refractivity contribution in [3.63, 3.8) is 0 Å². The molecule has 1 aromatic rings. The second-order valence-corrected chi connectivity index (χ2v) is 19.2. The van der Waals surface area contributed by atoms with E-state index in [2.05, 4.69) is 48.5 Å². The number of carbonyl (C=O) groups excluding carboxylic acids is 1. The van der Waals surface area contributed by atoms with E-state index in [1.165, 1.54) is 6.42 Å². The van der Waals surface area contributed by atoms with E-state index in [9.17, 15) is 23.4 Å². The summed E-state index contributed by atoms with van der Waals surface area (Å²) in [5.41, 5.74) is 1.36. The van der Waals surface area contributed by atoms with Gasteiger partial charge in [-0.05, 0) is 127 Å². The Labute approximate surface area is 273 Å². The Balaban J connectivity index is 1.22. The molecule has 0 radical (unpaired) electrons. The fourth-order valence-electron chi connectivity index (χ4n) is 11.2. The van der Waals surface area contributed by atoms with Gasteiger partial charge >= 0.3 is 0 Å². The molecule has 1 aromatic carbocycles. The first kappa shape index (κ1) is 34.9. The third-order valence-electron chi connectivity index (χ3n) is 13.9. The third kappa shape index (κ3) is 6.28. The minimum atomic E-state index is -3.72. The van der Waals surface area contributed by atoms with Crippen molar-refractivity contribution in [2.75, 3.05) is 19.3 Å². The first-order chi connectivity index (χ1) is 20.9. The highest BCUT2D eigenvalue weighted by atomic mass is 32.2. The lowest BCUT2D eigenvalue weighted by Gasteiger charge is -2.64. The van der Waals surface area contributed by atoms with Crippen molar-refractivity contribution >= 4 is 15.7 Å². The van der Waals surface area contributed by atoms with Crippen LogP contribution >= 0.6 is 0 Å². The zero-order chi connectivity index (χ0) is 33.1. The molecule has 5 rings (SSSR count). The molecule has 7 heteroatoms. The zero-order valence-electron chi connectivity index (χ0n) is 29.3. The molecule has 0 heterocycles. The first-order valence-electron chi connectivity index (χ1n) is 17.9. The molecule has 1 amide bonds. The second kappa shape index (κ2) is 12.5. The van der Waals surface area contributed by atoms with Gasteiger partial charge in [0.05, 0.1) is 17.1 Å². The minimum Gasteiger partial charge on any atom is -0.393 e. The van der Waals surface area contributed by atoms with Gasteiger partial charge in [0.2, 0.25) is 5.91 Å². The Morgan fingerprint density at radius 1 is 0.978 bits per heavy atom. The maximum absolute atomic E-state index is 13.1. The lowest BCUT2D eigenvalue weighted by atomic mass is 9.41. The summed E-state index contributed by atoms with van der Waals surface area (Å²) in [7, 11) is -1.98. The van der Waals surface area contributed by atoms with Crippen molar-refractivity contribution in [1.82, 2.24) is 4.90 Å². The van der Waals surface area contributed by atoms with Crippen LogP contribution in [0.4, 0.5) is 0 Å². The smallest absolute Gasteiger partial charge is 0.237 e. The van der Waals surface area contributed by atoms with E-state index in [4.69, 9.17) is 0 Å². The predicted octanol–water partition coefficient (Wildman–Crippen LogP) is 6.87. The van der Waals surface area contributed by atoms with Crippen LogP contribution in [0.1, 0.15) is 112 Å². The number of aliphatic hydroxyl groups is 2. The lowest BCUT2D eigenvalue weighted by Crippen LogP contribution is -2.62. The number of aliphatic hydroxyl groups excluding tert-OH is 2. The van der Waals surface area contributed by atoms with Crippen LogP contribution in [0.15, 0.2) is 29.2 Å². The van der Waals surface area contributed by atoms with Gasteiger partial charge in [-0.3, -0.25) is 4.79 Å². The zero-order valence-corrected chi connectivity index (χ0v) is 30.1. The van der Waals surface area contributed by atoms with Gasteiger partial charge in [-0.2, -0.15) is 0 Å². The molecule has 0 bridgehead atoms. The van der Waals surface area contributed by atoms with E-state index in [1.807, 2.05) is 12.1 Å². The van der Waals surface area contributed by atoms with Crippen molar-refractivity contribution in [3.8, 4) is 0 Å². The van der Waals surface area contributed by atoms with Gasteiger partial charge in [0, 0.05) is 13.6 Å². The summed E-state index contributed by atoms with van der Waals surface area (Å²) < 4.78 is 26.2. The molecule has 0 saturated heterocycles. The van der Waals surface area contributed by atoms with E-state index in [1.54, 1.807) is 24.1 Å². The van der Waals surface area contributed by atoms with Crippen LogP contribution < -0.4 is 0 Å². The maximum atomic E-state index is 13.1. The van der Waals surface area contributed by atoms with Gasteiger partial charge in [-0.1, -0.05) is 67.0 Å². The Bertz CT molecular complexity index is 1320. The summed E-state index contributed by atoms with van der Waals surface area (Å²) in [5.74, 6) is 2.10. The fourth-order valence-corrected chi connectivity index (χ4v) is 12.4. The lowest BCUT2D eigenvalue weighted by molar-refractivity contribution is -0.203. The molecule has 0 aromatic heterocycles. The highest BCUT2D eigenvalue weighted by Gasteiger charge is 2.64. The van der Waals surface area contributed by atoms with Gasteiger partial charge in [0.1, 0.15) is 5.75 Å². The first-order valence-corrected chi connectivity index (χ1v) is 19.5. The molecular weight excluding hydrogens is 582 g/mol. The topological polar surface area (TPSA) is 94.9 Å². The summed E-state index contributed by atoms with van der Waals surface area (Å²) in [6.45, 7) is 16.3. The Hall–Kier alpha value is -1.44. The van der Waals surface area contributed by atoms with Crippen LogP contribution in [0.5, 0.6) is 0 Å². The number of carbonyl (C=O) groups is 1. The van der Waals surface area contributed by atoms with Gasteiger partial charge in [0.25, 0.3) is 0 Å². The van der Waals surface area contributed by atoms with E-state index in [0.29, 0.717) is 42.1 Å². The van der Waals surface area contributed by atoms with Crippen LogP contribution in [0.3, 0.4) is 0 Å². The van der Waals surface area contributed by atoms with E-state index >= 15 is 0 Å². The number of nitrogens with zero attached hydrogens (tertiary/aromatic N) is 1.